The van der Waals surface area contributed by atoms with Gasteiger partial charge in [0.25, 0.3) is 0 Å². The van der Waals surface area contributed by atoms with E-state index in [0.717, 1.165) is 17.6 Å². The summed E-state index contributed by atoms with van der Waals surface area (Å²) < 4.78 is 48.9. The molecule has 3 aromatic rings. The van der Waals surface area contributed by atoms with Crippen LogP contribution < -0.4 is 0 Å². The molecule has 2 amide bonds. The third kappa shape index (κ3) is 4.05. The SMILES string of the molecule is CN1CCO[C@H](Cn2cc(C(F)(F)F)nc2-c2ccnc3cc(CN4C(=O)C5C(C4=O)C5(C)C)sc23)C1. The van der Waals surface area contributed by atoms with E-state index in [0.29, 0.717) is 28.9 Å². The Morgan fingerprint density at radius 2 is 1.95 bits per heavy atom. The molecule has 0 N–H and O–H groups in total. The maximum absolute atomic E-state index is 13.7. The van der Waals surface area contributed by atoms with Crippen LogP contribution in [0.5, 0.6) is 0 Å². The van der Waals surface area contributed by atoms with Crippen molar-refractivity contribution in [1.82, 2.24) is 24.3 Å². The van der Waals surface area contributed by atoms with Crippen molar-refractivity contribution in [2.45, 2.75) is 39.2 Å². The van der Waals surface area contributed by atoms with Gasteiger partial charge in [0, 0.05) is 35.9 Å². The van der Waals surface area contributed by atoms with Gasteiger partial charge in [0.05, 0.1) is 47.9 Å². The normalized spacial score (nSPS) is 25.8. The molecule has 37 heavy (non-hydrogen) atoms. The van der Waals surface area contributed by atoms with Gasteiger partial charge < -0.3 is 14.2 Å². The summed E-state index contributed by atoms with van der Waals surface area (Å²) in [6.07, 6.45) is -2.30. The average molecular weight is 534 g/mol. The van der Waals surface area contributed by atoms with Gasteiger partial charge in [-0.05, 0) is 24.6 Å². The highest BCUT2D eigenvalue weighted by Gasteiger charge is 2.72. The number of rotatable bonds is 5. The Kier molecular flexibility index (Phi) is 5.52. The lowest BCUT2D eigenvalue weighted by molar-refractivity contribution is -0.144. The smallest absolute Gasteiger partial charge is 0.374 e. The van der Waals surface area contributed by atoms with Crippen LogP contribution in [0, 0.1) is 17.3 Å². The van der Waals surface area contributed by atoms with Crippen molar-refractivity contribution in [3.63, 3.8) is 0 Å². The number of imidazole rings is 1. The highest BCUT2D eigenvalue weighted by Crippen LogP contribution is 2.63. The van der Waals surface area contributed by atoms with E-state index in [-0.39, 0.29) is 54.1 Å². The second-order valence-electron chi connectivity index (χ2n) is 10.7. The van der Waals surface area contributed by atoms with Gasteiger partial charge in [-0.25, -0.2) is 4.98 Å². The lowest BCUT2D eigenvalue weighted by Gasteiger charge is -2.30. The van der Waals surface area contributed by atoms with E-state index < -0.39 is 11.9 Å². The second-order valence-corrected chi connectivity index (χ2v) is 11.8. The quantitative estimate of drug-likeness (QED) is 0.466. The van der Waals surface area contributed by atoms with Crippen LogP contribution in [0.3, 0.4) is 0 Å². The number of pyridine rings is 1. The van der Waals surface area contributed by atoms with E-state index in [1.807, 2.05) is 20.9 Å². The molecule has 3 fully saturated rings. The highest BCUT2D eigenvalue weighted by molar-refractivity contribution is 7.19. The van der Waals surface area contributed by atoms with Gasteiger partial charge in [0.1, 0.15) is 5.82 Å². The topological polar surface area (TPSA) is 80.6 Å². The number of imide groups is 1. The molecule has 0 radical (unpaired) electrons. The molecule has 3 aromatic heterocycles. The number of thiophene rings is 1. The van der Waals surface area contributed by atoms with Crippen molar-refractivity contribution in [1.29, 1.82) is 0 Å². The number of halogens is 3. The van der Waals surface area contributed by atoms with E-state index in [9.17, 15) is 22.8 Å². The van der Waals surface area contributed by atoms with Gasteiger partial charge in [-0.3, -0.25) is 19.5 Å². The fourth-order valence-corrected chi connectivity index (χ4v) is 6.77. The molecular formula is C25H26F3N5O3S. The number of piperidine rings is 1. The van der Waals surface area contributed by atoms with E-state index in [2.05, 4.69) is 14.9 Å². The van der Waals surface area contributed by atoms with Crippen LogP contribution >= 0.6 is 11.3 Å². The van der Waals surface area contributed by atoms with E-state index in [4.69, 9.17) is 4.74 Å². The monoisotopic (exact) mass is 533 g/mol. The number of aromatic nitrogens is 3. The van der Waals surface area contributed by atoms with Crippen molar-refractivity contribution in [2.24, 2.45) is 17.3 Å². The van der Waals surface area contributed by atoms with Crippen LogP contribution in [-0.4, -0.2) is 69.0 Å². The van der Waals surface area contributed by atoms with E-state index in [1.54, 1.807) is 12.1 Å². The molecule has 1 aliphatic carbocycles. The maximum Gasteiger partial charge on any atom is 0.434 e. The lowest BCUT2D eigenvalue weighted by atomic mass is 10.1. The standard InChI is InChI=1S/C25H26F3N5O3S/c1-24(2)18-19(24)23(35)33(22(18)34)11-14-8-16-20(37-14)15(4-5-29-16)21-30-17(25(26,27)28)12-32(21)10-13-9-31(3)6-7-36-13/h4-5,8,12-13,18-19H,6-7,9-11H2,1-3H3/t13-,18?,19?/m0/s1. The predicted molar refractivity (Wildman–Crippen MR) is 129 cm³/mol. The Labute approximate surface area is 215 Å². The molecule has 2 saturated heterocycles. The molecule has 3 aliphatic rings. The summed E-state index contributed by atoms with van der Waals surface area (Å²) in [6, 6.07) is 3.44. The fraction of sp³-hybridized carbons (Fsp3) is 0.520. The number of nitrogens with zero attached hydrogens (tertiary/aromatic N) is 5. The van der Waals surface area contributed by atoms with Crippen molar-refractivity contribution in [3.8, 4) is 11.4 Å². The summed E-state index contributed by atoms with van der Waals surface area (Å²) in [5, 5.41) is 0. The first-order valence-electron chi connectivity index (χ1n) is 12.1. The minimum absolute atomic E-state index is 0.131. The number of hydrogen-bond acceptors (Lipinski definition) is 7. The second kappa shape index (κ2) is 8.34. The number of likely N-dealkylation sites (tertiary alicyclic amines) is 1. The summed E-state index contributed by atoms with van der Waals surface area (Å²) in [5.41, 5.74) is -0.157. The number of carbonyl (C=O) groups is 2. The van der Waals surface area contributed by atoms with E-state index >= 15 is 0 Å². The van der Waals surface area contributed by atoms with Crippen molar-refractivity contribution in [3.05, 3.63) is 35.1 Å². The minimum Gasteiger partial charge on any atom is -0.374 e. The largest absolute Gasteiger partial charge is 0.434 e. The number of carbonyl (C=O) groups excluding carboxylic acids is 2. The van der Waals surface area contributed by atoms with Gasteiger partial charge in [-0.15, -0.1) is 11.3 Å². The number of morpholine rings is 1. The zero-order valence-electron chi connectivity index (χ0n) is 20.6. The van der Waals surface area contributed by atoms with Crippen molar-refractivity contribution in [2.75, 3.05) is 26.7 Å². The van der Waals surface area contributed by atoms with Crippen LogP contribution in [0.2, 0.25) is 0 Å². The van der Waals surface area contributed by atoms with Crippen LogP contribution in [0.1, 0.15) is 24.4 Å². The third-order valence-electron chi connectivity index (χ3n) is 7.72. The first-order valence-corrected chi connectivity index (χ1v) is 12.9. The zero-order valence-corrected chi connectivity index (χ0v) is 21.4. The van der Waals surface area contributed by atoms with Gasteiger partial charge >= 0.3 is 6.18 Å². The Morgan fingerprint density at radius 1 is 1.22 bits per heavy atom. The van der Waals surface area contributed by atoms with Crippen LogP contribution in [0.15, 0.2) is 24.5 Å². The number of likely N-dealkylation sites (N-methyl/N-ethyl adjacent to an activating group) is 1. The number of ether oxygens (including phenoxy) is 1. The van der Waals surface area contributed by atoms with Crippen molar-refractivity contribution >= 4 is 33.4 Å². The molecule has 8 nitrogen and oxygen atoms in total. The molecule has 0 spiro atoms. The number of fused-ring (bicyclic) bond motifs is 2. The number of alkyl halides is 3. The maximum atomic E-state index is 13.7. The molecule has 3 atom stereocenters. The minimum atomic E-state index is -4.60. The van der Waals surface area contributed by atoms with E-state index in [1.165, 1.54) is 27.0 Å². The molecular weight excluding hydrogens is 507 g/mol. The number of amides is 2. The third-order valence-corrected chi connectivity index (χ3v) is 8.86. The molecule has 196 valence electrons. The van der Waals surface area contributed by atoms with Gasteiger partial charge in [0.2, 0.25) is 11.8 Å². The Bertz CT molecular complexity index is 1390. The predicted octanol–water partition coefficient (Wildman–Crippen LogP) is 3.65. The van der Waals surface area contributed by atoms with Crippen LogP contribution in [-0.2, 0) is 33.6 Å². The Balaban J connectivity index is 1.34. The average Bonchev–Trinajstić information content (AvgIpc) is 3.19. The van der Waals surface area contributed by atoms with Gasteiger partial charge in [-0.2, -0.15) is 13.2 Å². The molecule has 0 aromatic carbocycles. The van der Waals surface area contributed by atoms with Crippen molar-refractivity contribution < 1.29 is 27.5 Å². The van der Waals surface area contributed by atoms with Gasteiger partial charge in [0.15, 0.2) is 5.69 Å². The molecule has 5 heterocycles. The zero-order chi connectivity index (χ0) is 26.3. The molecule has 1 saturated carbocycles. The first-order chi connectivity index (χ1) is 17.4. The molecule has 6 rings (SSSR count). The Morgan fingerprint density at radius 3 is 2.62 bits per heavy atom. The summed E-state index contributed by atoms with van der Waals surface area (Å²) in [7, 11) is 1.95. The lowest BCUT2D eigenvalue weighted by Crippen LogP contribution is -2.42. The highest BCUT2D eigenvalue weighted by atomic mass is 32.1. The Hall–Kier alpha value is -2.83. The number of hydrogen-bond donors (Lipinski definition) is 0. The molecule has 0 bridgehead atoms. The van der Waals surface area contributed by atoms with Crippen LogP contribution in [0.25, 0.3) is 21.6 Å². The van der Waals surface area contributed by atoms with Crippen LogP contribution in [0.4, 0.5) is 13.2 Å². The summed E-state index contributed by atoms with van der Waals surface area (Å²) in [6.45, 7) is 6.09. The molecule has 12 heteroatoms. The summed E-state index contributed by atoms with van der Waals surface area (Å²) >= 11 is 1.31. The molecule has 2 aliphatic heterocycles. The van der Waals surface area contributed by atoms with Gasteiger partial charge in [-0.1, -0.05) is 13.8 Å². The fourth-order valence-electron chi connectivity index (χ4n) is 5.66. The summed E-state index contributed by atoms with van der Waals surface area (Å²) in [4.78, 5) is 38.1. The molecule has 2 unspecified atom stereocenters. The first kappa shape index (κ1) is 24.5. The summed E-state index contributed by atoms with van der Waals surface area (Å²) in [5.74, 6) is -0.669.